The van der Waals surface area contributed by atoms with Gasteiger partial charge in [0, 0.05) is 18.1 Å². The zero-order chi connectivity index (χ0) is 7.44. The molecule has 0 saturated heterocycles. The summed E-state index contributed by atoms with van der Waals surface area (Å²) in [7, 11) is 0. The Morgan fingerprint density at radius 1 is 1.11 bits per heavy atom. The number of rotatable bonds is 3. The molecule has 0 aliphatic rings. The lowest BCUT2D eigenvalue weighted by atomic mass is 10.2. The fourth-order valence-electron chi connectivity index (χ4n) is 0.678. The number of nitrogens with one attached hydrogen (secondary N) is 1. The molecule has 56 valence electrons. The van der Waals surface area contributed by atoms with E-state index in [0.717, 1.165) is 0 Å². The van der Waals surface area contributed by atoms with Crippen LogP contribution in [0.1, 0.15) is 27.7 Å². The molecule has 2 unspecified atom stereocenters. The predicted molar refractivity (Wildman–Crippen MR) is 41.4 cm³/mol. The maximum absolute atomic E-state index is 5.62. The molecule has 0 aliphatic heterocycles. The first-order valence-electron chi connectivity index (χ1n) is 3.55. The first kappa shape index (κ1) is 8.92. The summed E-state index contributed by atoms with van der Waals surface area (Å²) in [6.07, 6.45) is 0. The van der Waals surface area contributed by atoms with Gasteiger partial charge in [-0.3, -0.25) is 0 Å². The summed E-state index contributed by atoms with van der Waals surface area (Å²) in [6.45, 7) is 8.36. The molecule has 3 N–H and O–H groups in total. The maximum Gasteiger partial charge on any atom is 0.0190 e. The summed E-state index contributed by atoms with van der Waals surface area (Å²) in [6, 6.07) is 1.20. The molecule has 0 fully saturated rings. The minimum atomic E-state index is 0.243. The lowest BCUT2D eigenvalue weighted by Crippen LogP contribution is -2.43. The molecular formula is C7H18N2. The van der Waals surface area contributed by atoms with Crippen LogP contribution in [0, 0.1) is 0 Å². The fourth-order valence-corrected chi connectivity index (χ4v) is 0.678. The Hall–Kier alpha value is -0.0800. The molecule has 0 aromatic rings. The maximum atomic E-state index is 5.62. The first-order chi connectivity index (χ1) is 4.04. The Bertz CT molecular complexity index is 69.3. The summed E-state index contributed by atoms with van der Waals surface area (Å²) in [5.41, 5.74) is 5.62. The summed E-state index contributed by atoms with van der Waals surface area (Å²) < 4.78 is 0. The van der Waals surface area contributed by atoms with E-state index in [9.17, 15) is 0 Å². The van der Waals surface area contributed by atoms with E-state index in [1.165, 1.54) is 0 Å². The molecule has 2 nitrogen and oxygen atoms in total. The van der Waals surface area contributed by atoms with Crippen LogP contribution >= 0.6 is 0 Å². The van der Waals surface area contributed by atoms with E-state index < -0.39 is 0 Å². The molecule has 2 atom stereocenters. The number of hydrogen-bond donors (Lipinski definition) is 2. The molecule has 0 rings (SSSR count). The van der Waals surface area contributed by atoms with Crippen LogP contribution in [-0.2, 0) is 0 Å². The van der Waals surface area contributed by atoms with Crippen LogP contribution in [-0.4, -0.2) is 18.1 Å². The summed E-state index contributed by atoms with van der Waals surface area (Å²) in [5, 5.41) is 3.32. The van der Waals surface area contributed by atoms with Gasteiger partial charge in [0.25, 0.3) is 0 Å². The van der Waals surface area contributed by atoms with Gasteiger partial charge in [-0.15, -0.1) is 0 Å². The third kappa shape index (κ3) is 4.43. The molecule has 9 heavy (non-hydrogen) atoms. The van der Waals surface area contributed by atoms with Crippen LogP contribution in [0.3, 0.4) is 0 Å². The van der Waals surface area contributed by atoms with Crippen molar-refractivity contribution in [1.82, 2.24) is 5.32 Å². The van der Waals surface area contributed by atoms with E-state index >= 15 is 0 Å². The van der Waals surface area contributed by atoms with Crippen molar-refractivity contribution in [1.29, 1.82) is 0 Å². The second-order valence-electron chi connectivity index (χ2n) is 2.97. The Labute approximate surface area is 57.8 Å². The van der Waals surface area contributed by atoms with E-state index in [4.69, 9.17) is 5.73 Å². The average Bonchev–Trinajstić information content (AvgIpc) is 1.63. The van der Waals surface area contributed by atoms with E-state index in [-0.39, 0.29) is 6.04 Å². The molecule has 0 radical (unpaired) electrons. The van der Waals surface area contributed by atoms with Crippen molar-refractivity contribution >= 4 is 0 Å². The summed E-state index contributed by atoms with van der Waals surface area (Å²) in [5.74, 6) is 0. The average molecular weight is 130 g/mol. The highest BCUT2D eigenvalue weighted by Crippen LogP contribution is 1.89. The number of nitrogens with two attached hydrogens (primary N) is 1. The molecule has 0 aromatic carbocycles. The Balaban J connectivity index is 3.38. The molecular weight excluding hydrogens is 112 g/mol. The lowest BCUT2D eigenvalue weighted by Gasteiger charge is -2.19. The second-order valence-corrected chi connectivity index (χ2v) is 2.97. The minimum Gasteiger partial charge on any atom is -0.327 e. The Morgan fingerprint density at radius 2 is 1.56 bits per heavy atom. The molecule has 0 bridgehead atoms. The first-order valence-corrected chi connectivity index (χ1v) is 3.55. The molecule has 0 spiro atoms. The molecule has 0 heterocycles. The quantitative estimate of drug-likeness (QED) is 0.591. The lowest BCUT2D eigenvalue weighted by molar-refractivity contribution is 0.438. The standard InChI is InChI=1S/C7H18N2/c1-5(2)9-7(4)6(3)8/h5-7,9H,8H2,1-4H3. The van der Waals surface area contributed by atoms with Gasteiger partial charge in [-0.25, -0.2) is 0 Å². The highest BCUT2D eigenvalue weighted by atomic mass is 15.0. The monoisotopic (exact) mass is 130 g/mol. The van der Waals surface area contributed by atoms with Crippen LogP contribution in [0.4, 0.5) is 0 Å². The van der Waals surface area contributed by atoms with Crippen molar-refractivity contribution < 1.29 is 0 Å². The van der Waals surface area contributed by atoms with Crippen LogP contribution in [0.25, 0.3) is 0 Å². The SMILES string of the molecule is CC(C)NC(C)C(C)N. The highest BCUT2D eigenvalue weighted by Gasteiger charge is 2.06. The molecule has 0 aromatic heterocycles. The molecule has 0 saturated carbocycles. The van der Waals surface area contributed by atoms with Crippen molar-refractivity contribution in [3.05, 3.63) is 0 Å². The summed E-state index contributed by atoms with van der Waals surface area (Å²) >= 11 is 0. The van der Waals surface area contributed by atoms with Crippen LogP contribution in [0.5, 0.6) is 0 Å². The molecule has 0 aliphatic carbocycles. The molecule has 0 amide bonds. The third-order valence-corrected chi connectivity index (χ3v) is 1.38. The zero-order valence-electron chi connectivity index (χ0n) is 6.81. The van der Waals surface area contributed by atoms with Crippen molar-refractivity contribution in [2.75, 3.05) is 0 Å². The van der Waals surface area contributed by atoms with Crippen LogP contribution in [0.15, 0.2) is 0 Å². The van der Waals surface area contributed by atoms with Gasteiger partial charge in [-0.2, -0.15) is 0 Å². The zero-order valence-corrected chi connectivity index (χ0v) is 6.81. The van der Waals surface area contributed by atoms with Crippen molar-refractivity contribution in [3.63, 3.8) is 0 Å². The van der Waals surface area contributed by atoms with E-state index in [1.807, 2.05) is 6.92 Å². The third-order valence-electron chi connectivity index (χ3n) is 1.38. The Kier molecular flexibility index (Phi) is 3.82. The van der Waals surface area contributed by atoms with Gasteiger partial charge in [0.05, 0.1) is 0 Å². The van der Waals surface area contributed by atoms with Gasteiger partial charge in [0.15, 0.2) is 0 Å². The van der Waals surface area contributed by atoms with Crippen molar-refractivity contribution in [2.45, 2.75) is 45.8 Å². The second kappa shape index (κ2) is 3.85. The van der Waals surface area contributed by atoms with Gasteiger partial charge >= 0.3 is 0 Å². The van der Waals surface area contributed by atoms with Gasteiger partial charge in [-0.1, -0.05) is 13.8 Å². The van der Waals surface area contributed by atoms with Gasteiger partial charge in [-0.05, 0) is 13.8 Å². The van der Waals surface area contributed by atoms with Gasteiger partial charge in [0.2, 0.25) is 0 Å². The summed E-state index contributed by atoms with van der Waals surface area (Å²) in [4.78, 5) is 0. The normalized spacial score (nSPS) is 18.0. The largest absolute Gasteiger partial charge is 0.327 e. The Morgan fingerprint density at radius 3 is 1.67 bits per heavy atom. The highest BCUT2D eigenvalue weighted by molar-refractivity contribution is 4.71. The van der Waals surface area contributed by atoms with Crippen LogP contribution < -0.4 is 11.1 Å². The van der Waals surface area contributed by atoms with Crippen LogP contribution in [0.2, 0.25) is 0 Å². The predicted octanol–water partition coefficient (Wildman–Crippen LogP) is 0.720. The van der Waals surface area contributed by atoms with E-state index in [1.54, 1.807) is 0 Å². The topological polar surface area (TPSA) is 38.0 Å². The smallest absolute Gasteiger partial charge is 0.0190 e. The van der Waals surface area contributed by atoms with Crippen molar-refractivity contribution in [3.8, 4) is 0 Å². The van der Waals surface area contributed by atoms with Gasteiger partial charge in [0.1, 0.15) is 0 Å². The van der Waals surface area contributed by atoms with E-state index in [2.05, 4.69) is 26.1 Å². The molecule has 2 heteroatoms. The number of hydrogen-bond acceptors (Lipinski definition) is 2. The van der Waals surface area contributed by atoms with Crippen molar-refractivity contribution in [2.24, 2.45) is 5.73 Å². The van der Waals surface area contributed by atoms with Gasteiger partial charge < -0.3 is 11.1 Å². The minimum absolute atomic E-state index is 0.243. The van der Waals surface area contributed by atoms with E-state index in [0.29, 0.717) is 12.1 Å². The fraction of sp³-hybridized carbons (Fsp3) is 1.00.